The average Bonchev–Trinajstić information content (AvgIpc) is 2.85. The SMILES string of the molecule is Cc1c(N)nc(SCSC2=C(C(=O)O)N3C(=O)[C@@H](NC(=O)CSc4cc(Cl)ccc4Cl)[C@H]3SC2)nc1N. The van der Waals surface area contributed by atoms with Crippen molar-refractivity contribution in [3.63, 3.8) is 0 Å². The van der Waals surface area contributed by atoms with E-state index in [1.54, 1.807) is 25.1 Å². The second kappa shape index (κ2) is 11.8. The zero-order valence-corrected chi connectivity index (χ0v) is 23.8. The maximum absolute atomic E-state index is 12.9. The number of carbonyl (C=O) groups is 3. The van der Waals surface area contributed by atoms with E-state index in [4.69, 9.17) is 34.7 Å². The summed E-state index contributed by atoms with van der Waals surface area (Å²) in [5.41, 5.74) is 12.2. The molecule has 2 aromatic rings. The topological polar surface area (TPSA) is 165 Å². The standard InChI is InChI=1S/C21H20Cl2N6O4S4/c1-8-16(24)27-21(28-17(8)25)37-7-36-12-5-35-19-14(18(31)29(19)15(12)20(32)33)26-13(30)6-34-11-4-9(22)2-3-10(11)23/h2-4,14,19H,5-7H2,1H3,(H,26,30)(H,32,33)(H4,24,25,27,28)/t14-,19-/m1/s1. The molecule has 2 amide bonds. The highest BCUT2D eigenvalue weighted by molar-refractivity contribution is 8.18. The molecular weight excluding hydrogens is 599 g/mol. The predicted octanol–water partition coefficient (Wildman–Crippen LogP) is 3.53. The van der Waals surface area contributed by atoms with Crippen molar-refractivity contribution >= 4 is 99.7 Å². The van der Waals surface area contributed by atoms with Gasteiger partial charge in [-0.25, -0.2) is 14.8 Å². The number of halogens is 2. The molecule has 1 fully saturated rings. The van der Waals surface area contributed by atoms with Gasteiger partial charge in [0.1, 0.15) is 28.7 Å². The molecule has 1 aromatic carbocycles. The Morgan fingerprint density at radius 3 is 2.59 bits per heavy atom. The Bertz CT molecular complexity index is 1290. The van der Waals surface area contributed by atoms with E-state index >= 15 is 0 Å². The molecule has 0 bridgehead atoms. The first-order valence-corrected chi connectivity index (χ1v) is 15.3. The van der Waals surface area contributed by atoms with Crippen molar-refractivity contribution < 1.29 is 19.5 Å². The maximum atomic E-state index is 12.9. The quantitative estimate of drug-likeness (QED) is 0.140. The molecule has 4 rings (SSSR count). The first-order valence-electron chi connectivity index (χ1n) is 10.5. The van der Waals surface area contributed by atoms with Gasteiger partial charge >= 0.3 is 5.97 Å². The van der Waals surface area contributed by atoms with Crippen molar-refractivity contribution in [1.29, 1.82) is 0 Å². The molecule has 16 heteroatoms. The number of nitrogen functional groups attached to an aromatic ring is 2. The number of nitrogens with two attached hydrogens (primary N) is 2. The number of anilines is 2. The molecule has 2 aliphatic heterocycles. The van der Waals surface area contributed by atoms with Crippen LogP contribution in [0.5, 0.6) is 0 Å². The minimum absolute atomic E-state index is 0.0251. The third-order valence-electron chi connectivity index (χ3n) is 5.33. The lowest BCUT2D eigenvalue weighted by Crippen LogP contribution is -2.70. The third kappa shape index (κ3) is 6.20. The Kier molecular flexibility index (Phi) is 8.96. The van der Waals surface area contributed by atoms with Crippen molar-refractivity contribution in [1.82, 2.24) is 20.2 Å². The molecule has 0 unspecified atom stereocenters. The van der Waals surface area contributed by atoms with Crippen molar-refractivity contribution in [2.75, 3.05) is 28.1 Å². The smallest absolute Gasteiger partial charge is 0.353 e. The number of thioether (sulfide) groups is 4. The molecule has 2 aliphatic rings. The molecule has 10 nitrogen and oxygen atoms in total. The summed E-state index contributed by atoms with van der Waals surface area (Å²) in [4.78, 5) is 48.2. The molecule has 2 atom stereocenters. The summed E-state index contributed by atoms with van der Waals surface area (Å²) in [6.45, 7) is 1.72. The van der Waals surface area contributed by atoms with Gasteiger partial charge in [0, 0.05) is 26.1 Å². The van der Waals surface area contributed by atoms with Gasteiger partial charge in [0.2, 0.25) is 5.91 Å². The number of carboxylic acid groups (broad SMARTS) is 1. The highest BCUT2D eigenvalue weighted by atomic mass is 35.5. The number of fused-ring (bicyclic) bond motifs is 1. The second-order valence-corrected chi connectivity index (χ2v) is 13.0. The largest absolute Gasteiger partial charge is 0.477 e. The van der Waals surface area contributed by atoms with E-state index in [1.807, 2.05) is 0 Å². The lowest BCUT2D eigenvalue weighted by Gasteiger charge is -2.49. The van der Waals surface area contributed by atoms with Crippen molar-refractivity contribution in [3.8, 4) is 0 Å². The van der Waals surface area contributed by atoms with E-state index in [9.17, 15) is 19.5 Å². The molecule has 6 N–H and O–H groups in total. The van der Waals surface area contributed by atoms with E-state index in [1.165, 1.54) is 51.9 Å². The van der Waals surface area contributed by atoms with Crippen LogP contribution in [0.1, 0.15) is 5.56 Å². The summed E-state index contributed by atoms with van der Waals surface area (Å²) in [6, 6.07) is 4.14. The average molecular weight is 620 g/mol. The van der Waals surface area contributed by atoms with Gasteiger partial charge < -0.3 is 21.9 Å². The molecular formula is C21H20Cl2N6O4S4. The first kappa shape index (κ1) is 28.0. The maximum Gasteiger partial charge on any atom is 0.353 e. The minimum Gasteiger partial charge on any atom is -0.477 e. The van der Waals surface area contributed by atoms with Gasteiger partial charge in [0.15, 0.2) is 5.16 Å². The van der Waals surface area contributed by atoms with Crippen molar-refractivity contribution in [2.24, 2.45) is 0 Å². The van der Waals surface area contributed by atoms with Crippen LogP contribution in [0, 0.1) is 6.92 Å². The zero-order valence-electron chi connectivity index (χ0n) is 19.1. The van der Waals surface area contributed by atoms with E-state index < -0.39 is 23.3 Å². The summed E-state index contributed by atoms with van der Waals surface area (Å²) in [5, 5.41) is 13.8. The molecule has 3 heterocycles. The zero-order chi connectivity index (χ0) is 26.9. The fourth-order valence-corrected chi connectivity index (χ4v) is 8.31. The number of nitrogens with one attached hydrogen (secondary N) is 1. The van der Waals surface area contributed by atoms with Gasteiger partial charge in [0.05, 0.1) is 15.9 Å². The number of aromatic nitrogens is 2. The fourth-order valence-electron chi connectivity index (χ4n) is 3.40. The van der Waals surface area contributed by atoms with Crippen LogP contribution >= 0.6 is 70.2 Å². The highest BCUT2D eigenvalue weighted by Gasteiger charge is 2.54. The van der Waals surface area contributed by atoms with Gasteiger partial charge in [-0.3, -0.25) is 14.5 Å². The number of rotatable bonds is 9. The monoisotopic (exact) mass is 618 g/mol. The van der Waals surface area contributed by atoms with Crippen LogP contribution in [0.3, 0.4) is 0 Å². The second-order valence-electron chi connectivity index (χ2n) is 7.70. The van der Waals surface area contributed by atoms with Crippen LogP contribution in [-0.4, -0.2) is 65.8 Å². The Labute approximate surface area is 239 Å². The number of hydrogen-bond acceptors (Lipinski definition) is 11. The van der Waals surface area contributed by atoms with Crippen LogP contribution in [-0.2, 0) is 14.4 Å². The number of aliphatic carboxylic acids is 1. The van der Waals surface area contributed by atoms with E-state index in [2.05, 4.69) is 15.3 Å². The van der Waals surface area contributed by atoms with E-state index in [0.29, 0.717) is 41.4 Å². The van der Waals surface area contributed by atoms with Crippen LogP contribution in [0.25, 0.3) is 0 Å². The van der Waals surface area contributed by atoms with Gasteiger partial charge in [-0.05, 0) is 25.1 Å². The molecule has 0 saturated carbocycles. The normalized spacial score (nSPS) is 18.9. The number of carboxylic acids is 1. The number of nitrogens with zero attached hydrogens (tertiary/aromatic N) is 3. The molecule has 196 valence electrons. The molecule has 1 aromatic heterocycles. The third-order valence-corrected chi connectivity index (χ3v) is 10.6. The minimum atomic E-state index is -1.21. The number of β-lactam (4-membered cyclic amide) rings is 1. The van der Waals surface area contributed by atoms with Gasteiger partial charge in [-0.1, -0.05) is 35.0 Å². The van der Waals surface area contributed by atoms with Crippen LogP contribution < -0.4 is 16.8 Å². The number of amides is 2. The fraction of sp³-hybridized carbons (Fsp3) is 0.286. The van der Waals surface area contributed by atoms with Crippen molar-refractivity contribution in [2.45, 2.75) is 28.4 Å². The molecule has 0 aliphatic carbocycles. The van der Waals surface area contributed by atoms with Crippen LogP contribution in [0.15, 0.2) is 38.9 Å². The Morgan fingerprint density at radius 1 is 1.22 bits per heavy atom. The summed E-state index contributed by atoms with van der Waals surface area (Å²) in [7, 11) is 0. The number of hydrogen-bond donors (Lipinski definition) is 4. The lowest BCUT2D eigenvalue weighted by molar-refractivity contribution is -0.150. The van der Waals surface area contributed by atoms with Crippen LogP contribution in [0.4, 0.5) is 11.6 Å². The molecule has 0 radical (unpaired) electrons. The number of benzene rings is 1. The Morgan fingerprint density at radius 2 is 1.92 bits per heavy atom. The molecule has 0 spiro atoms. The number of carbonyl (C=O) groups excluding carboxylic acids is 2. The predicted molar refractivity (Wildman–Crippen MR) is 151 cm³/mol. The summed E-state index contributed by atoms with van der Waals surface area (Å²) in [6.07, 6.45) is 0. The Hall–Kier alpha value is -1.97. The Balaban J connectivity index is 1.36. The lowest BCUT2D eigenvalue weighted by atomic mass is 10.1. The molecule has 37 heavy (non-hydrogen) atoms. The summed E-state index contributed by atoms with van der Waals surface area (Å²) >= 11 is 17.2. The van der Waals surface area contributed by atoms with Gasteiger partial charge in [-0.2, -0.15) is 0 Å². The first-order chi connectivity index (χ1) is 17.6. The summed E-state index contributed by atoms with van der Waals surface area (Å²) < 4.78 is 0. The molecule has 1 saturated heterocycles. The highest BCUT2D eigenvalue weighted by Crippen LogP contribution is 2.44. The van der Waals surface area contributed by atoms with Crippen molar-refractivity contribution in [3.05, 3.63) is 44.4 Å². The van der Waals surface area contributed by atoms with E-state index in [0.717, 1.165) is 0 Å². The van der Waals surface area contributed by atoms with Crippen LogP contribution in [0.2, 0.25) is 10.0 Å². The van der Waals surface area contributed by atoms with Gasteiger partial charge in [0.25, 0.3) is 5.91 Å². The summed E-state index contributed by atoms with van der Waals surface area (Å²) in [5.74, 6) is -1.07. The van der Waals surface area contributed by atoms with Gasteiger partial charge in [-0.15, -0.1) is 35.3 Å². The van der Waals surface area contributed by atoms with E-state index in [-0.39, 0.29) is 29.0 Å².